The fourth-order valence-electron chi connectivity index (χ4n) is 1.68. The van der Waals surface area contributed by atoms with Crippen molar-refractivity contribution in [3.8, 4) is 0 Å². The second kappa shape index (κ2) is 6.92. The largest absolute Gasteiger partial charge is 0.481 e. The molecule has 8 N–H and O–H groups in total. The molecule has 0 bridgehead atoms. The van der Waals surface area contributed by atoms with Gasteiger partial charge in [0.15, 0.2) is 0 Å². The normalized spacial score (nSPS) is 35.4. The lowest BCUT2D eigenvalue weighted by Crippen LogP contribution is -2.63. The van der Waals surface area contributed by atoms with Crippen molar-refractivity contribution in [2.45, 2.75) is 43.1 Å². The van der Waals surface area contributed by atoms with Crippen LogP contribution in [0.2, 0.25) is 0 Å². The van der Waals surface area contributed by atoms with Gasteiger partial charge in [-0.05, 0) is 0 Å². The van der Waals surface area contributed by atoms with Gasteiger partial charge in [-0.1, -0.05) is 0 Å². The molecule has 1 saturated heterocycles. The number of carbonyl (C=O) groups is 2. The summed E-state index contributed by atoms with van der Waals surface area (Å²) in [6, 6.07) is -2.67. The first-order valence-electron chi connectivity index (χ1n) is 5.83. The number of carbonyl (C=O) groups excluding carboxylic acids is 1. The van der Waals surface area contributed by atoms with Gasteiger partial charge in [0, 0.05) is 0 Å². The zero-order valence-electron chi connectivity index (χ0n) is 10.5. The predicted octanol–water partition coefficient (Wildman–Crippen LogP) is -3.90. The maximum Gasteiger partial charge on any atom is 0.325 e. The zero-order valence-corrected chi connectivity index (χ0v) is 10.5. The predicted molar refractivity (Wildman–Crippen MR) is 62.1 cm³/mol. The number of hydrogen-bond acceptors (Lipinski definition) is 9. The third-order valence-corrected chi connectivity index (χ3v) is 2.86. The molecule has 20 heavy (non-hydrogen) atoms. The Hall–Kier alpha value is -1.30. The number of aliphatic hydroxyl groups excluding tert-OH is 3. The lowest BCUT2D eigenvalue weighted by molar-refractivity contribution is -0.259. The fourth-order valence-corrected chi connectivity index (χ4v) is 1.68. The van der Waals surface area contributed by atoms with E-state index in [-0.39, 0.29) is 0 Å². The molecule has 0 radical (unpaired) electrons. The first-order valence-corrected chi connectivity index (χ1v) is 5.83. The Bertz CT molecular complexity index is 363. The van der Waals surface area contributed by atoms with E-state index >= 15 is 0 Å². The van der Waals surface area contributed by atoms with Crippen LogP contribution in [0, 0.1) is 0 Å². The van der Waals surface area contributed by atoms with Crippen LogP contribution in [0.3, 0.4) is 0 Å². The number of rotatable bonds is 5. The van der Waals surface area contributed by atoms with Crippen LogP contribution in [-0.4, -0.2) is 75.7 Å². The van der Waals surface area contributed by atoms with E-state index in [2.05, 4.69) is 0 Å². The van der Waals surface area contributed by atoms with Gasteiger partial charge < -0.3 is 41.4 Å². The molecule has 0 aromatic carbocycles. The van der Waals surface area contributed by atoms with Gasteiger partial charge in [0.25, 0.3) is 0 Å². The number of esters is 1. The van der Waals surface area contributed by atoms with E-state index in [9.17, 15) is 19.8 Å². The Labute approximate surface area is 113 Å². The van der Waals surface area contributed by atoms with E-state index in [1.807, 2.05) is 0 Å². The average molecular weight is 294 g/mol. The lowest BCUT2D eigenvalue weighted by atomic mass is 9.98. The van der Waals surface area contributed by atoms with Crippen molar-refractivity contribution in [1.82, 2.24) is 0 Å². The molecule has 0 aromatic rings. The molecule has 0 spiro atoms. The van der Waals surface area contributed by atoms with Crippen molar-refractivity contribution in [1.29, 1.82) is 0 Å². The molecular formula is C10H18N2O8. The van der Waals surface area contributed by atoms with Gasteiger partial charge in [0.1, 0.15) is 24.4 Å². The Kier molecular flexibility index (Phi) is 5.80. The zero-order chi connectivity index (χ0) is 15.4. The van der Waals surface area contributed by atoms with Crippen LogP contribution in [0.4, 0.5) is 0 Å². The van der Waals surface area contributed by atoms with E-state index in [1.165, 1.54) is 0 Å². The van der Waals surface area contributed by atoms with Crippen molar-refractivity contribution in [3.05, 3.63) is 0 Å². The molecule has 1 fully saturated rings. The summed E-state index contributed by atoms with van der Waals surface area (Å²) in [6.07, 6.45) is -6.18. The minimum Gasteiger partial charge on any atom is -0.481 e. The Morgan fingerprint density at radius 3 is 2.40 bits per heavy atom. The van der Waals surface area contributed by atoms with E-state index in [0.717, 1.165) is 0 Å². The van der Waals surface area contributed by atoms with Crippen LogP contribution in [-0.2, 0) is 19.1 Å². The van der Waals surface area contributed by atoms with Gasteiger partial charge in [0.2, 0.25) is 6.29 Å². The molecule has 1 rings (SSSR count). The number of ether oxygens (including phenoxy) is 2. The number of carboxylic acid groups (broad SMARTS) is 1. The smallest absolute Gasteiger partial charge is 0.325 e. The minimum absolute atomic E-state index is 0.625. The lowest BCUT2D eigenvalue weighted by Gasteiger charge is -2.40. The number of aliphatic hydroxyl groups is 3. The summed E-state index contributed by atoms with van der Waals surface area (Å²) in [7, 11) is 0. The van der Waals surface area contributed by atoms with Crippen LogP contribution >= 0.6 is 0 Å². The van der Waals surface area contributed by atoms with Gasteiger partial charge in [0.05, 0.1) is 19.1 Å². The highest BCUT2D eigenvalue weighted by molar-refractivity contribution is 5.81. The summed E-state index contributed by atoms with van der Waals surface area (Å²) in [5.74, 6) is -2.36. The van der Waals surface area contributed by atoms with Crippen LogP contribution in [0.25, 0.3) is 0 Å². The number of hydrogen-bond donors (Lipinski definition) is 6. The SMILES string of the molecule is NC(CC(=O)O)C(=O)OC1O[C@H](CO)[C@@H](O)[C@H](O)[C@H]1N. The second-order valence-corrected chi connectivity index (χ2v) is 4.43. The molecule has 116 valence electrons. The molecule has 0 aliphatic carbocycles. The van der Waals surface area contributed by atoms with E-state index < -0.39 is 61.7 Å². The van der Waals surface area contributed by atoms with Crippen molar-refractivity contribution in [3.63, 3.8) is 0 Å². The average Bonchev–Trinajstić information content (AvgIpc) is 2.38. The van der Waals surface area contributed by atoms with Crippen LogP contribution in [0.15, 0.2) is 0 Å². The Morgan fingerprint density at radius 2 is 1.90 bits per heavy atom. The van der Waals surface area contributed by atoms with Gasteiger partial charge in [-0.25, -0.2) is 0 Å². The van der Waals surface area contributed by atoms with Crippen molar-refractivity contribution in [2.24, 2.45) is 11.5 Å². The molecule has 2 unspecified atom stereocenters. The molecular weight excluding hydrogens is 276 g/mol. The first-order chi connectivity index (χ1) is 9.27. The summed E-state index contributed by atoms with van der Waals surface area (Å²) in [6.45, 7) is -0.625. The molecule has 0 saturated carbocycles. The Balaban J connectivity index is 2.66. The number of aliphatic carboxylic acids is 1. The molecule has 1 aliphatic heterocycles. The molecule has 1 heterocycles. The summed E-state index contributed by atoms with van der Waals surface area (Å²) >= 11 is 0. The molecule has 1 aliphatic rings. The summed E-state index contributed by atoms with van der Waals surface area (Å²) in [5, 5.41) is 36.6. The third-order valence-electron chi connectivity index (χ3n) is 2.86. The highest BCUT2D eigenvalue weighted by atomic mass is 16.7. The monoisotopic (exact) mass is 294 g/mol. The summed E-state index contributed by atoms with van der Waals surface area (Å²) in [4.78, 5) is 21.9. The van der Waals surface area contributed by atoms with Crippen LogP contribution in [0.5, 0.6) is 0 Å². The number of carboxylic acids is 1. The molecule has 0 amide bonds. The van der Waals surface area contributed by atoms with Crippen LogP contribution < -0.4 is 11.5 Å². The van der Waals surface area contributed by atoms with Crippen molar-refractivity contribution < 1.29 is 39.5 Å². The van der Waals surface area contributed by atoms with E-state index in [1.54, 1.807) is 0 Å². The highest BCUT2D eigenvalue weighted by Crippen LogP contribution is 2.21. The second-order valence-electron chi connectivity index (χ2n) is 4.43. The summed E-state index contributed by atoms with van der Waals surface area (Å²) < 4.78 is 9.79. The van der Waals surface area contributed by atoms with Crippen molar-refractivity contribution >= 4 is 11.9 Å². The molecule has 10 nitrogen and oxygen atoms in total. The van der Waals surface area contributed by atoms with Gasteiger partial charge >= 0.3 is 11.9 Å². The third kappa shape index (κ3) is 3.85. The molecule has 6 atom stereocenters. The minimum atomic E-state index is -1.48. The maximum absolute atomic E-state index is 11.5. The highest BCUT2D eigenvalue weighted by Gasteiger charge is 2.44. The standard InChI is InChI=1S/C10H18N2O8/c11-3(1-5(14)15)9(18)20-10-6(12)8(17)7(16)4(2-13)19-10/h3-4,6-8,10,13,16-17H,1-2,11-12H2,(H,14,15)/t3?,4-,6-,7-,8-,10?/m1/s1. The first kappa shape index (κ1) is 16.8. The number of nitrogens with two attached hydrogens (primary N) is 2. The van der Waals surface area contributed by atoms with Gasteiger partial charge in [-0.15, -0.1) is 0 Å². The molecule has 10 heteroatoms. The van der Waals surface area contributed by atoms with Gasteiger partial charge in [-0.2, -0.15) is 0 Å². The summed E-state index contributed by atoms with van der Waals surface area (Å²) in [5.41, 5.74) is 10.8. The Morgan fingerprint density at radius 1 is 1.30 bits per heavy atom. The maximum atomic E-state index is 11.5. The van der Waals surface area contributed by atoms with Gasteiger partial charge in [-0.3, -0.25) is 9.59 Å². The van der Waals surface area contributed by atoms with Crippen molar-refractivity contribution in [2.75, 3.05) is 6.61 Å². The van der Waals surface area contributed by atoms with E-state index in [4.69, 9.17) is 31.2 Å². The van der Waals surface area contributed by atoms with E-state index in [0.29, 0.717) is 0 Å². The topological polar surface area (TPSA) is 186 Å². The fraction of sp³-hybridized carbons (Fsp3) is 0.800. The quantitative estimate of drug-likeness (QED) is 0.274. The van der Waals surface area contributed by atoms with Crippen LogP contribution in [0.1, 0.15) is 6.42 Å². The molecule has 0 aromatic heterocycles.